The Kier molecular flexibility index (Phi) is 8.71. The number of benzene rings is 1. The molecule has 0 atom stereocenters. The van der Waals surface area contributed by atoms with Gasteiger partial charge < -0.3 is 16.0 Å². The fraction of sp³-hybridized carbons (Fsp3) is 0.588. The van der Waals surface area contributed by atoms with E-state index in [1.54, 1.807) is 0 Å². The maximum absolute atomic E-state index is 11.8. The summed E-state index contributed by atoms with van der Waals surface area (Å²) in [5.41, 5.74) is 7.87. The Morgan fingerprint density at radius 3 is 2.57 bits per heavy atom. The standard InChI is InChI=1S/C17H29N3O/c1-20(2)14-16-9-7-8-15(12-16)13-19-17(21)10-5-3-4-6-11-18/h7-9,12H,3-6,10-11,13-14,18H2,1-2H3,(H,19,21). The van der Waals surface area contributed by atoms with Crippen LogP contribution in [0.5, 0.6) is 0 Å². The summed E-state index contributed by atoms with van der Waals surface area (Å²) in [6.07, 6.45) is 4.83. The lowest BCUT2D eigenvalue weighted by molar-refractivity contribution is -0.121. The summed E-state index contributed by atoms with van der Waals surface area (Å²) in [6.45, 7) is 2.28. The van der Waals surface area contributed by atoms with Gasteiger partial charge in [-0.2, -0.15) is 0 Å². The zero-order valence-electron chi connectivity index (χ0n) is 13.4. The Morgan fingerprint density at radius 1 is 1.14 bits per heavy atom. The van der Waals surface area contributed by atoms with Crippen LogP contribution in [-0.4, -0.2) is 31.4 Å². The van der Waals surface area contributed by atoms with E-state index in [0.29, 0.717) is 13.0 Å². The van der Waals surface area contributed by atoms with Crippen molar-refractivity contribution in [3.05, 3.63) is 35.4 Å². The second kappa shape index (κ2) is 10.4. The zero-order valence-corrected chi connectivity index (χ0v) is 13.4. The molecule has 0 saturated carbocycles. The van der Waals surface area contributed by atoms with E-state index in [4.69, 9.17) is 5.73 Å². The maximum atomic E-state index is 11.8. The van der Waals surface area contributed by atoms with Crippen molar-refractivity contribution in [1.82, 2.24) is 10.2 Å². The van der Waals surface area contributed by atoms with Gasteiger partial charge in [-0.25, -0.2) is 0 Å². The molecular formula is C17H29N3O. The first-order chi connectivity index (χ1) is 10.1. The average molecular weight is 291 g/mol. The van der Waals surface area contributed by atoms with E-state index in [1.165, 1.54) is 5.56 Å². The number of nitrogens with two attached hydrogens (primary N) is 1. The van der Waals surface area contributed by atoms with Crippen LogP contribution >= 0.6 is 0 Å². The molecule has 0 unspecified atom stereocenters. The van der Waals surface area contributed by atoms with Gasteiger partial charge in [0, 0.05) is 19.5 Å². The Hall–Kier alpha value is -1.39. The van der Waals surface area contributed by atoms with Crippen LogP contribution in [0, 0.1) is 0 Å². The van der Waals surface area contributed by atoms with Gasteiger partial charge in [0.25, 0.3) is 0 Å². The first-order valence-corrected chi connectivity index (χ1v) is 7.81. The first kappa shape index (κ1) is 17.7. The summed E-state index contributed by atoms with van der Waals surface area (Å²) in [5.74, 6) is 0.140. The normalized spacial score (nSPS) is 10.9. The van der Waals surface area contributed by atoms with Crippen molar-refractivity contribution < 1.29 is 4.79 Å². The molecule has 21 heavy (non-hydrogen) atoms. The summed E-state index contributed by atoms with van der Waals surface area (Å²) < 4.78 is 0. The molecule has 0 radical (unpaired) electrons. The molecule has 0 saturated heterocycles. The third-order valence-corrected chi connectivity index (χ3v) is 3.34. The van der Waals surface area contributed by atoms with Crippen molar-refractivity contribution in [2.24, 2.45) is 5.73 Å². The molecule has 0 spiro atoms. The Bertz CT molecular complexity index is 418. The predicted octanol–water partition coefficient (Wildman–Crippen LogP) is 2.27. The molecule has 0 aliphatic carbocycles. The highest BCUT2D eigenvalue weighted by molar-refractivity contribution is 5.75. The van der Waals surface area contributed by atoms with Gasteiger partial charge in [-0.15, -0.1) is 0 Å². The minimum atomic E-state index is 0.140. The molecule has 4 nitrogen and oxygen atoms in total. The van der Waals surface area contributed by atoms with E-state index in [-0.39, 0.29) is 5.91 Å². The third-order valence-electron chi connectivity index (χ3n) is 3.34. The fourth-order valence-electron chi connectivity index (χ4n) is 2.28. The minimum absolute atomic E-state index is 0.140. The van der Waals surface area contributed by atoms with Gasteiger partial charge in [-0.05, 0) is 44.6 Å². The van der Waals surface area contributed by atoms with Gasteiger partial charge in [0.2, 0.25) is 5.91 Å². The summed E-state index contributed by atoms with van der Waals surface area (Å²) in [6, 6.07) is 8.37. The third kappa shape index (κ3) is 8.48. The molecule has 0 bridgehead atoms. The van der Waals surface area contributed by atoms with E-state index in [9.17, 15) is 4.79 Å². The van der Waals surface area contributed by atoms with Crippen LogP contribution in [0.4, 0.5) is 0 Å². The van der Waals surface area contributed by atoms with Gasteiger partial charge >= 0.3 is 0 Å². The van der Waals surface area contributed by atoms with Crippen LogP contribution in [0.15, 0.2) is 24.3 Å². The highest BCUT2D eigenvalue weighted by Crippen LogP contribution is 2.07. The van der Waals surface area contributed by atoms with Crippen LogP contribution in [0.3, 0.4) is 0 Å². The van der Waals surface area contributed by atoms with Crippen molar-refractivity contribution in [3.63, 3.8) is 0 Å². The molecule has 1 rings (SSSR count). The van der Waals surface area contributed by atoms with E-state index in [1.807, 2.05) is 6.07 Å². The molecule has 1 amide bonds. The van der Waals surface area contributed by atoms with Crippen LogP contribution in [-0.2, 0) is 17.9 Å². The number of amides is 1. The zero-order chi connectivity index (χ0) is 15.5. The topological polar surface area (TPSA) is 58.4 Å². The van der Waals surface area contributed by atoms with E-state index < -0.39 is 0 Å². The monoisotopic (exact) mass is 291 g/mol. The summed E-state index contributed by atoms with van der Waals surface area (Å²) in [7, 11) is 4.11. The Morgan fingerprint density at radius 2 is 1.86 bits per heavy atom. The SMILES string of the molecule is CN(C)Cc1cccc(CNC(=O)CCCCCCN)c1. The van der Waals surface area contributed by atoms with Crippen molar-refractivity contribution in [2.45, 2.75) is 45.2 Å². The first-order valence-electron chi connectivity index (χ1n) is 7.81. The molecular weight excluding hydrogens is 262 g/mol. The number of carbonyl (C=O) groups excluding carboxylic acids is 1. The Labute approximate surface area is 128 Å². The van der Waals surface area contributed by atoms with E-state index in [0.717, 1.165) is 44.3 Å². The van der Waals surface area contributed by atoms with Gasteiger partial charge in [-0.1, -0.05) is 37.1 Å². The van der Waals surface area contributed by atoms with Gasteiger partial charge in [-0.3, -0.25) is 4.79 Å². The number of unbranched alkanes of at least 4 members (excludes halogenated alkanes) is 3. The van der Waals surface area contributed by atoms with Gasteiger partial charge in [0.1, 0.15) is 0 Å². The smallest absolute Gasteiger partial charge is 0.220 e. The van der Waals surface area contributed by atoms with Crippen molar-refractivity contribution >= 4 is 5.91 Å². The predicted molar refractivity (Wildman–Crippen MR) is 87.8 cm³/mol. The molecule has 4 heteroatoms. The number of carbonyl (C=O) groups is 1. The minimum Gasteiger partial charge on any atom is -0.352 e. The molecule has 0 aromatic heterocycles. The van der Waals surface area contributed by atoms with Crippen molar-refractivity contribution in [2.75, 3.05) is 20.6 Å². The molecule has 0 heterocycles. The van der Waals surface area contributed by atoms with E-state index >= 15 is 0 Å². The molecule has 0 aliphatic rings. The van der Waals surface area contributed by atoms with Crippen LogP contribution < -0.4 is 11.1 Å². The van der Waals surface area contributed by atoms with E-state index in [2.05, 4.69) is 42.5 Å². The molecule has 0 fully saturated rings. The van der Waals surface area contributed by atoms with Crippen LogP contribution in [0.1, 0.15) is 43.2 Å². The lowest BCUT2D eigenvalue weighted by Gasteiger charge is -2.11. The van der Waals surface area contributed by atoms with Crippen LogP contribution in [0.25, 0.3) is 0 Å². The highest BCUT2D eigenvalue weighted by atomic mass is 16.1. The molecule has 0 aliphatic heterocycles. The Balaban J connectivity index is 2.26. The molecule has 1 aromatic rings. The molecule has 118 valence electrons. The number of nitrogens with zero attached hydrogens (tertiary/aromatic N) is 1. The van der Waals surface area contributed by atoms with Gasteiger partial charge in [0.15, 0.2) is 0 Å². The summed E-state index contributed by atoms with van der Waals surface area (Å²) >= 11 is 0. The number of hydrogen-bond donors (Lipinski definition) is 2. The lowest BCUT2D eigenvalue weighted by Crippen LogP contribution is -2.22. The average Bonchev–Trinajstić information content (AvgIpc) is 2.44. The summed E-state index contributed by atoms with van der Waals surface area (Å²) in [4.78, 5) is 13.9. The second-order valence-electron chi connectivity index (χ2n) is 5.79. The second-order valence-corrected chi connectivity index (χ2v) is 5.79. The number of rotatable bonds is 10. The van der Waals surface area contributed by atoms with Crippen LogP contribution in [0.2, 0.25) is 0 Å². The quantitative estimate of drug-likeness (QED) is 0.650. The molecule has 3 N–H and O–H groups in total. The number of hydrogen-bond acceptors (Lipinski definition) is 3. The van der Waals surface area contributed by atoms with Crippen molar-refractivity contribution in [3.8, 4) is 0 Å². The maximum Gasteiger partial charge on any atom is 0.220 e. The fourth-order valence-corrected chi connectivity index (χ4v) is 2.28. The largest absolute Gasteiger partial charge is 0.352 e. The lowest BCUT2D eigenvalue weighted by atomic mass is 10.1. The van der Waals surface area contributed by atoms with Crippen molar-refractivity contribution in [1.29, 1.82) is 0 Å². The molecule has 1 aromatic carbocycles. The van der Waals surface area contributed by atoms with Gasteiger partial charge in [0.05, 0.1) is 0 Å². The number of nitrogens with one attached hydrogen (secondary N) is 1. The highest BCUT2D eigenvalue weighted by Gasteiger charge is 2.02. The summed E-state index contributed by atoms with van der Waals surface area (Å²) in [5, 5.41) is 2.99.